The molecule has 0 radical (unpaired) electrons. The Morgan fingerprint density at radius 3 is 2.19 bits per heavy atom. The third-order valence-corrected chi connectivity index (χ3v) is 6.56. The van der Waals surface area contributed by atoms with E-state index in [1.54, 1.807) is 42.5 Å². The summed E-state index contributed by atoms with van der Waals surface area (Å²) in [6.45, 7) is 0. The van der Waals surface area contributed by atoms with E-state index in [0.29, 0.717) is 28.3 Å². The summed E-state index contributed by atoms with van der Waals surface area (Å²) < 4.78 is 65.8. The number of fused-ring (bicyclic) bond motifs is 1. The van der Waals surface area contributed by atoms with E-state index in [2.05, 4.69) is 30.6 Å². The fraction of sp³-hybridized carbons (Fsp3) is 0.0714. The minimum atomic E-state index is -4.59. The predicted octanol–water partition coefficient (Wildman–Crippen LogP) is 5.90. The Bertz CT molecular complexity index is 1960. The highest BCUT2D eigenvalue weighted by molar-refractivity contribution is 7.92. The number of amides is 2. The van der Waals surface area contributed by atoms with E-state index in [9.17, 15) is 31.2 Å². The lowest BCUT2D eigenvalue weighted by Gasteiger charge is -2.11. The molecule has 4 N–H and O–H groups in total. The quantitative estimate of drug-likeness (QED) is 0.180. The van der Waals surface area contributed by atoms with Crippen LogP contribution < -0.4 is 20.7 Å². The molecule has 3 aromatic carbocycles. The molecule has 0 fully saturated rings. The van der Waals surface area contributed by atoms with Crippen LogP contribution in [0.5, 0.6) is 0 Å². The first-order valence-corrected chi connectivity index (χ1v) is 14.3. The molecule has 0 unspecified atom stereocenters. The Labute approximate surface area is 242 Å². The van der Waals surface area contributed by atoms with Gasteiger partial charge in [0.1, 0.15) is 12.1 Å². The van der Waals surface area contributed by atoms with Gasteiger partial charge in [-0.25, -0.2) is 23.2 Å². The summed E-state index contributed by atoms with van der Waals surface area (Å²) in [5, 5.41) is 8.82. The van der Waals surface area contributed by atoms with Gasteiger partial charge in [0, 0.05) is 28.8 Å². The van der Waals surface area contributed by atoms with Crippen molar-refractivity contribution >= 4 is 61.6 Å². The molecular formula is C28H22F3N7O4S. The third-order valence-electron chi connectivity index (χ3n) is 5.95. The van der Waals surface area contributed by atoms with Gasteiger partial charge in [0.2, 0.25) is 10.0 Å². The summed E-state index contributed by atoms with van der Waals surface area (Å²) in [4.78, 5) is 34.2. The summed E-state index contributed by atoms with van der Waals surface area (Å²) in [6, 6.07) is 17.7. The van der Waals surface area contributed by atoms with Gasteiger partial charge >= 0.3 is 12.2 Å². The lowest BCUT2D eigenvalue weighted by Crippen LogP contribution is -2.19. The van der Waals surface area contributed by atoms with Crippen molar-refractivity contribution in [1.29, 1.82) is 0 Å². The maximum atomic E-state index is 13.1. The SMILES string of the molecule is CS(=O)(=O)Nc1cccc(Nc2ncnc3c2ccn3C(=O)Nc2cccc(NC(=O)c3cccc(C(F)(F)F)c3)c2)c1. The number of rotatable bonds is 7. The van der Waals surface area contributed by atoms with Crippen molar-refractivity contribution in [2.75, 3.05) is 26.9 Å². The molecule has 11 nitrogen and oxygen atoms in total. The maximum Gasteiger partial charge on any atom is 0.416 e. The highest BCUT2D eigenvalue weighted by Crippen LogP contribution is 2.30. The molecule has 0 aliphatic carbocycles. The highest BCUT2D eigenvalue weighted by atomic mass is 32.2. The van der Waals surface area contributed by atoms with Gasteiger partial charge in [0.25, 0.3) is 5.91 Å². The smallest absolute Gasteiger partial charge is 0.340 e. The van der Waals surface area contributed by atoms with Gasteiger partial charge in [0.15, 0.2) is 5.65 Å². The minimum absolute atomic E-state index is 0.175. The summed E-state index contributed by atoms with van der Waals surface area (Å²) in [5.41, 5.74) is 0.591. The second-order valence-corrected chi connectivity index (χ2v) is 11.0. The van der Waals surface area contributed by atoms with Crippen LogP contribution in [-0.4, -0.2) is 41.1 Å². The van der Waals surface area contributed by atoms with Crippen LogP contribution in [0.2, 0.25) is 0 Å². The number of halogens is 3. The minimum Gasteiger partial charge on any atom is -0.340 e. The Kier molecular flexibility index (Phi) is 7.74. The molecule has 0 saturated heterocycles. The normalized spacial score (nSPS) is 11.6. The molecule has 0 bridgehead atoms. The van der Waals surface area contributed by atoms with E-state index in [0.717, 1.165) is 24.5 Å². The average molecular weight is 610 g/mol. The van der Waals surface area contributed by atoms with Crippen molar-refractivity contribution in [3.05, 3.63) is 103 Å². The fourth-order valence-electron chi connectivity index (χ4n) is 4.12. The van der Waals surface area contributed by atoms with Crippen LogP contribution in [0.4, 0.5) is 46.5 Å². The standard InChI is InChI=1S/C28H22F3N7O4S/c1-43(41,42)37-22-10-4-7-19(15-22)34-24-23-11-12-38(25(23)33-16-32-24)27(40)36-21-9-3-8-20(14-21)35-26(39)17-5-2-6-18(13-17)28(29,30)31/h2-16,37H,1H3,(H,35,39)(H,36,40)(H,32,33,34). The van der Waals surface area contributed by atoms with Gasteiger partial charge in [-0.3, -0.25) is 14.1 Å². The van der Waals surface area contributed by atoms with E-state index in [4.69, 9.17) is 0 Å². The number of hydrogen-bond donors (Lipinski definition) is 4. The zero-order chi connectivity index (χ0) is 30.8. The third kappa shape index (κ3) is 7.08. The monoisotopic (exact) mass is 609 g/mol. The van der Waals surface area contributed by atoms with Crippen molar-refractivity contribution in [1.82, 2.24) is 14.5 Å². The zero-order valence-corrected chi connectivity index (χ0v) is 23.0. The average Bonchev–Trinajstić information content (AvgIpc) is 3.38. The van der Waals surface area contributed by atoms with Gasteiger partial charge < -0.3 is 16.0 Å². The Morgan fingerprint density at radius 1 is 0.814 bits per heavy atom. The second-order valence-electron chi connectivity index (χ2n) is 9.27. The largest absolute Gasteiger partial charge is 0.416 e. The molecule has 0 aliphatic rings. The van der Waals surface area contributed by atoms with Crippen LogP contribution >= 0.6 is 0 Å². The molecule has 0 aliphatic heterocycles. The van der Waals surface area contributed by atoms with Crippen LogP contribution in [0.25, 0.3) is 11.0 Å². The van der Waals surface area contributed by atoms with Crippen LogP contribution in [0.15, 0.2) is 91.4 Å². The molecule has 2 amide bonds. The second kappa shape index (κ2) is 11.4. The number of carbonyl (C=O) groups excluding carboxylic acids is 2. The zero-order valence-electron chi connectivity index (χ0n) is 22.2. The van der Waals surface area contributed by atoms with Gasteiger partial charge in [-0.05, 0) is 60.7 Å². The molecule has 0 atom stereocenters. The predicted molar refractivity (Wildman–Crippen MR) is 156 cm³/mol. The van der Waals surface area contributed by atoms with E-state index in [1.165, 1.54) is 35.3 Å². The lowest BCUT2D eigenvalue weighted by atomic mass is 10.1. The number of nitrogens with one attached hydrogen (secondary N) is 4. The number of alkyl halides is 3. The van der Waals surface area contributed by atoms with Crippen molar-refractivity contribution in [3.8, 4) is 0 Å². The number of nitrogens with zero attached hydrogens (tertiary/aromatic N) is 3. The first-order valence-electron chi connectivity index (χ1n) is 12.4. The van der Waals surface area contributed by atoms with E-state index in [1.807, 2.05) is 0 Å². The number of anilines is 5. The summed E-state index contributed by atoms with van der Waals surface area (Å²) in [7, 11) is -3.47. The first-order chi connectivity index (χ1) is 20.4. The summed E-state index contributed by atoms with van der Waals surface area (Å²) >= 11 is 0. The van der Waals surface area contributed by atoms with Gasteiger partial charge in [-0.15, -0.1) is 0 Å². The lowest BCUT2D eigenvalue weighted by molar-refractivity contribution is -0.137. The van der Waals surface area contributed by atoms with Gasteiger partial charge in [0.05, 0.1) is 22.9 Å². The number of sulfonamides is 1. The summed E-state index contributed by atoms with van der Waals surface area (Å²) in [6.07, 6.45) is -0.799. The number of benzene rings is 3. The molecule has 2 heterocycles. The molecule has 15 heteroatoms. The Morgan fingerprint density at radius 2 is 1.47 bits per heavy atom. The Balaban J connectivity index is 1.31. The first kappa shape index (κ1) is 29.1. The Hall–Kier alpha value is -5.44. The van der Waals surface area contributed by atoms with Gasteiger partial charge in [-0.2, -0.15) is 13.2 Å². The molecule has 5 rings (SSSR count). The van der Waals surface area contributed by atoms with Crippen LogP contribution in [-0.2, 0) is 16.2 Å². The van der Waals surface area contributed by atoms with E-state index < -0.39 is 33.7 Å². The number of hydrogen-bond acceptors (Lipinski definition) is 7. The molecule has 0 spiro atoms. The fourth-order valence-corrected chi connectivity index (χ4v) is 4.68. The van der Waals surface area contributed by atoms with Crippen molar-refractivity contribution < 1.29 is 31.2 Å². The van der Waals surface area contributed by atoms with Crippen molar-refractivity contribution in [2.24, 2.45) is 0 Å². The van der Waals surface area contributed by atoms with E-state index in [-0.39, 0.29) is 16.9 Å². The maximum absolute atomic E-state index is 13.1. The van der Waals surface area contributed by atoms with Crippen LogP contribution in [0.1, 0.15) is 15.9 Å². The molecular weight excluding hydrogens is 587 g/mol. The van der Waals surface area contributed by atoms with Crippen molar-refractivity contribution in [2.45, 2.75) is 6.18 Å². The van der Waals surface area contributed by atoms with Gasteiger partial charge in [-0.1, -0.05) is 18.2 Å². The molecule has 43 heavy (non-hydrogen) atoms. The highest BCUT2D eigenvalue weighted by Gasteiger charge is 2.31. The van der Waals surface area contributed by atoms with Crippen molar-refractivity contribution in [3.63, 3.8) is 0 Å². The number of aromatic nitrogens is 3. The van der Waals surface area contributed by atoms with Crippen LogP contribution in [0.3, 0.4) is 0 Å². The molecule has 0 saturated carbocycles. The van der Waals surface area contributed by atoms with Crippen LogP contribution in [0, 0.1) is 0 Å². The topological polar surface area (TPSA) is 147 Å². The number of carbonyl (C=O) groups is 2. The molecule has 2 aromatic heterocycles. The van der Waals surface area contributed by atoms with E-state index >= 15 is 0 Å². The molecule has 220 valence electrons. The molecule has 5 aromatic rings. The summed E-state index contributed by atoms with van der Waals surface area (Å²) in [5.74, 6) is -0.382.